The van der Waals surface area contributed by atoms with Crippen LogP contribution in [0.3, 0.4) is 0 Å². The smallest absolute Gasteiger partial charge is 0.261 e. The lowest BCUT2D eigenvalue weighted by atomic mass is 9.99. The SMILES string of the molecule is Cc1nc(-c2ccc(S(=O)(=O)Nc3ccc(N4CCC(C)CC4)cc3)cc2)co1. The van der Waals surface area contributed by atoms with Crippen LogP contribution in [0.5, 0.6) is 0 Å². The average Bonchev–Trinajstić information content (AvgIpc) is 3.15. The lowest BCUT2D eigenvalue weighted by Crippen LogP contribution is -2.32. The summed E-state index contributed by atoms with van der Waals surface area (Å²) in [5, 5.41) is 0. The van der Waals surface area contributed by atoms with Gasteiger partial charge in [0.2, 0.25) is 0 Å². The molecule has 7 heteroatoms. The van der Waals surface area contributed by atoms with Crippen LogP contribution in [0.2, 0.25) is 0 Å². The summed E-state index contributed by atoms with van der Waals surface area (Å²) in [5.41, 5.74) is 3.17. The van der Waals surface area contributed by atoms with Crippen molar-refractivity contribution in [2.24, 2.45) is 5.92 Å². The normalized spacial score (nSPS) is 15.4. The maximum absolute atomic E-state index is 12.7. The predicted molar refractivity (Wildman–Crippen MR) is 115 cm³/mol. The molecule has 0 spiro atoms. The predicted octanol–water partition coefficient (Wildman–Crippen LogP) is 4.69. The third-order valence-electron chi connectivity index (χ3n) is 5.35. The molecule has 0 bridgehead atoms. The number of nitrogens with one attached hydrogen (secondary N) is 1. The molecular formula is C22H25N3O3S. The highest BCUT2D eigenvalue weighted by Crippen LogP contribution is 2.26. The second-order valence-corrected chi connectivity index (χ2v) is 9.28. The molecule has 6 nitrogen and oxygen atoms in total. The van der Waals surface area contributed by atoms with Crippen LogP contribution in [0.15, 0.2) is 64.1 Å². The number of nitrogens with zero attached hydrogens (tertiary/aromatic N) is 2. The standard InChI is InChI=1S/C22H25N3O3S/c1-16-11-13-25(14-12-16)20-7-5-19(6-8-20)24-29(26,27)21-9-3-18(4-10-21)22-15-28-17(2)23-22/h3-10,15-16,24H,11-14H2,1-2H3. The van der Waals surface area contributed by atoms with Gasteiger partial charge in [-0.1, -0.05) is 19.1 Å². The molecule has 0 unspecified atom stereocenters. The van der Waals surface area contributed by atoms with Crippen molar-refractivity contribution in [1.29, 1.82) is 0 Å². The van der Waals surface area contributed by atoms with Crippen LogP contribution in [0.1, 0.15) is 25.7 Å². The lowest BCUT2D eigenvalue weighted by Gasteiger charge is -2.32. The topological polar surface area (TPSA) is 75.4 Å². The number of aromatic nitrogens is 1. The minimum atomic E-state index is -3.66. The maximum atomic E-state index is 12.7. The third-order valence-corrected chi connectivity index (χ3v) is 6.74. The van der Waals surface area contributed by atoms with Gasteiger partial charge in [0.25, 0.3) is 10.0 Å². The molecule has 1 aliphatic heterocycles. The van der Waals surface area contributed by atoms with E-state index in [1.807, 2.05) is 24.3 Å². The van der Waals surface area contributed by atoms with Crippen molar-refractivity contribution < 1.29 is 12.8 Å². The summed E-state index contributed by atoms with van der Waals surface area (Å²) in [6.45, 7) is 6.14. The zero-order valence-corrected chi connectivity index (χ0v) is 17.4. The molecule has 0 atom stereocenters. The van der Waals surface area contributed by atoms with Crippen LogP contribution in [-0.4, -0.2) is 26.5 Å². The Labute approximate surface area is 171 Å². The molecule has 0 aliphatic carbocycles. The van der Waals surface area contributed by atoms with Gasteiger partial charge in [-0.05, 0) is 55.2 Å². The largest absolute Gasteiger partial charge is 0.449 e. The minimum Gasteiger partial charge on any atom is -0.449 e. The van der Waals surface area contributed by atoms with Crippen molar-refractivity contribution in [2.45, 2.75) is 31.6 Å². The van der Waals surface area contributed by atoms with Gasteiger partial charge in [-0.3, -0.25) is 4.72 Å². The van der Waals surface area contributed by atoms with Crippen LogP contribution < -0.4 is 9.62 Å². The van der Waals surface area contributed by atoms with E-state index in [-0.39, 0.29) is 4.90 Å². The Hall–Kier alpha value is -2.80. The summed E-state index contributed by atoms with van der Waals surface area (Å²) in [5.74, 6) is 1.35. The molecule has 2 aromatic carbocycles. The number of piperidine rings is 1. The zero-order chi connectivity index (χ0) is 20.4. The van der Waals surface area contributed by atoms with Crippen LogP contribution in [-0.2, 0) is 10.0 Å². The zero-order valence-electron chi connectivity index (χ0n) is 16.6. The van der Waals surface area contributed by atoms with Gasteiger partial charge >= 0.3 is 0 Å². The Morgan fingerprint density at radius 2 is 1.69 bits per heavy atom. The minimum absolute atomic E-state index is 0.204. The maximum Gasteiger partial charge on any atom is 0.261 e. The number of hydrogen-bond acceptors (Lipinski definition) is 5. The van der Waals surface area contributed by atoms with Crippen LogP contribution in [0, 0.1) is 12.8 Å². The number of benzene rings is 2. The van der Waals surface area contributed by atoms with Crippen LogP contribution in [0.4, 0.5) is 11.4 Å². The first-order chi connectivity index (χ1) is 13.9. The van der Waals surface area contributed by atoms with Gasteiger partial charge in [0.05, 0.1) is 4.90 Å². The number of sulfonamides is 1. The fourth-order valence-electron chi connectivity index (χ4n) is 3.52. The fourth-order valence-corrected chi connectivity index (χ4v) is 4.58. The molecule has 1 saturated heterocycles. The molecule has 1 aromatic heterocycles. The third kappa shape index (κ3) is 4.45. The van der Waals surface area contributed by atoms with Crippen molar-refractivity contribution in [3.63, 3.8) is 0 Å². The first-order valence-corrected chi connectivity index (χ1v) is 11.3. The second kappa shape index (κ2) is 7.91. The molecule has 1 aliphatic rings. The van der Waals surface area contributed by atoms with E-state index in [1.165, 1.54) is 12.8 Å². The molecular weight excluding hydrogens is 386 g/mol. The molecule has 0 radical (unpaired) electrons. The Balaban J connectivity index is 1.45. The van der Waals surface area contributed by atoms with E-state index in [1.54, 1.807) is 37.5 Å². The van der Waals surface area contributed by atoms with Crippen molar-refractivity contribution in [3.8, 4) is 11.3 Å². The summed E-state index contributed by atoms with van der Waals surface area (Å²) < 4.78 is 33.3. The monoisotopic (exact) mass is 411 g/mol. The van der Waals surface area contributed by atoms with E-state index in [9.17, 15) is 8.42 Å². The quantitative estimate of drug-likeness (QED) is 0.659. The number of anilines is 2. The second-order valence-electron chi connectivity index (χ2n) is 7.60. The lowest BCUT2D eigenvalue weighted by molar-refractivity contribution is 0.438. The van der Waals surface area contributed by atoms with Gasteiger partial charge in [-0.15, -0.1) is 0 Å². The highest BCUT2D eigenvalue weighted by Gasteiger charge is 2.17. The summed E-state index contributed by atoms with van der Waals surface area (Å²) in [6.07, 6.45) is 3.94. The summed E-state index contributed by atoms with van der Waals surface area (Å²) in [7, 11) is -3.66. The van der Waals surface area contributed by atoms with E-state index in [4.69, 9.17) is 4.42 Å². The Morgan fingerprint density at radius 3 is 2.28 bits per heavy atom. The van der Waals surface area contributed by atoms with Gasteiger partial charge in [0.1, 0.15) is 12.0 Å². The Morgan fingerprint density at radius 1 is 1.03 bits per heavy atom. The van der Waals surface area contributed by atoms with Crippen molar-refractivity contribution in [1.82, 2.24) is 4.98 Å². The van der Waals surface area contributed by atoms with Gasteiger partial charge in [-0.25, -0.2) is 13.4 Å². The van der Waals surface area contributed by atoms with E-state index >= 15 is 0 Å². The number of oxazole rings is 1. The van der Waals surface area contributed by atoms with Gasteiger partial charge < -0.3 is 9.32 Å². The number of hydrogen-bond donors (Lipinski definition) is 1. The summed E-state index contributed by atoms with van der Waals surface area (Å²) in [6, 6.07) is 14.2. The summed E-state index contributed by atoms with van der Waals surface area (Å²) >= 11 is 0. The first-order valence-electron chi connectivity index (χ1n) is 9.81. The van der Waals surface area contributed by atoms with Gasteiger partial charge in [0.15, 0.2) is 5.89 Å². The molecule has 0 amide bonds. The molecule has 1 fully saturated rings. The van der Waals surface area contributed by atoms with Crippen molar-refractivity contribution in [2.75, 3.05) is 22.7 Å². The highest BCUT2D eigenvalue weighted by molar-refractivity contribution is 7.92. The highest BCUT2D eigenvalue weighted by atomic mass is 32.2. The molecule has 3 aromatic rings. The Bertz CT molecular complexity index is 1070. The van der Waals surface area contributed by atoms with Gasteiger partial charge in [0, 0.05) is 37.0 Å². The number of rotatable bonds is 5. The van der Waals surface area contributed by atoms with E-state index in [0.717, 1.165) is 30.3 Å². The Kier molecular flexibility index (Phi) is 5.32. The molecule has 1 N–H and O–H groups in total. The van der Waals surface area contributed by atoms with Crippen molar-refractivity contribution >= 4 is 21.4 Å². The van der Waals surface area contributed by atoms with E-state index < -0.39 is 10.0 Å². The van der Waals surface area contributed by atoms with Crippen molar-refractivity contribution in [3.05, 3.63) is 60.7 Å². The average molecular weight is 412 g/mol. The molecule has 2 heterocycles. The molecule has 4 rings (SSSR count). The van der Waals surface area contributed by atoms with Gasteiger partial charge in [-0.2, -0.15) is 0 Å². The molecule has 0 saturated carbocycles. The van der Waals surface area contributed by atoms with E-state index in [0.29, 0.717) is 17.3 Å². The number of aryl methyl sites for hydroxylation is 1. The van der Waals surface area contributed by atoms with Crippen LogP contribution in [0.25, 0.3) is 11.3 Å². The summed E-state index contributed by atoms with van der Waals surface area (Å²) in [4.78, 5) is 6.81. The fraction of sp³-hybridized carbons (Fsp3) is 0.318. The van der Waals surface area contributed by atoms with Crippen LogP contribution >= 0.6 is 0 Å². The van der Waals surface area contributed by atoms with E-state index in [2.05, 4.69) is 21.5 Å². The molecule has 152 valence electrons. The molecule has 29 heavy (non-hydrogen) atoms. The first kappa shape index (κ1) is 19.5.